The van der Waals surface area contributed by atoms with E-state index in [0.29, 0.717) is 31.4 Å². The summed E-state index contributed by atoms with van der Waals surface area (Å²) in [6.45, 7) is 10.5. The molecule has 1 aromatic rings. The number of aliphatic hydroxyl groups is 1. The number of nitrogens with one attached hydrogen (secondary N) is 4. The third kappa shape index (κ3) is 11.3. The number of aliphatic carboxylic acids is 1. The second kappa shape index (κ2) is 18.3. The number of likely N-dealkylation sites (tertiary alicyclic amines) is 2. The Morgan fingerprint density at radius 2 is 1.66 bits per heavy atom. The largest absolute Gasteiger partial charge is 0.508 e. The molecular formula is C36H53N7O10. The van der Waals surface area contributed by atoms with Gasteiger partial charge >= 0.3 is 5.97 Å². The lowest BCUT2D eigenvalue weighted by molar-refractivity contribution is -0.175. The predicted octanol–water partition coefficient (Wildman–Crippen LogP) is -0.752. The molecule has 0 bridgehead atoms. The van der Waals surface area contributed by atoms with E-state index in [1.807, 2.05) is 13.8 Å². The van der Waals surface area contributed by atoms with Gasteiger partial charge in [-0.05, 0) is 83.2 Å². The van der Waals surface area contributed by atoms with Crippen LogP contribution in [-0.4, -0.2) is 121 Å². The monoisotopic (exact) mass is 743 g/mol. The number of hydrogen-bond donors (Lipinski definition) is 8. The van der Waals surface area contributed by atoms with Gasteiger partial charge in [-0.1, -0.05) is 26.0 Å². The Labute approximate surface area is 308 Å². The number of phenolic OH excluding ortho intramolecular Hbond substituents is 1. The summed E-state index contributed by atoms with van der Waals surface area (Å²) in [5, 5.41) is 39.8. The summed E-state index contributed by atoms with van der Waals surface area (Å²) in [7, 11) is 0. The number of amides is 5. The van der Waals surface area contributed by atoms with Gasteiger partial charge in [-0.15, -0.1) is 0 Å². The van der Waals surface area contributed by atoms with Crippen molar-refractivity contribution in [2.24, 2.45) is 11.7 Å². The molecule has 9 N–H and O–H groups in total. The predicted molar refractivity (Wildman–Crippen MR) is 191 cm³/mol. The molecule has 7 atom stereocenters. The minimum Gasteiger partial charge on any atom is -0.508 e. The molecule has 0 aromatic heterocycles. The van der Waals surface area contributed by atoms with Crippen molar-refractivity contribution >= 4 is 41.8 Å². The number of nitrogens with two attached hydrogens (primary N) is 1. The first kappa shape index (κ1) is 42.5. The molecule has 17 heteroatoms. The van der Waals surface area contributed by atoms with Crippen LogP contribution in [0.1, 0.15) is 72.8 Å². The molecule has 0 saturated carbocycles. The molecule has 1 unspecified atom stereocenters. The van der Waals surface area contributed by atoms with Gasteiger partial charge in [0.05, 0.1) is 24.6 Å². The van der Waals surface area contributed by atoms with Crippen molar-refractivity contribution in [3.05, 3.63) is 41.6 Å². The van der Waals surface area contributed by atoms with Crippen LogP contribution in [-0.2, 0) is 40.0 Å². The molecule has 2 heterocycles. The first-order valence-electron chi connectivity index (χ1n) is 17.6. The van der Waals surface area contributed by atoms with Crippen molar-refractivity contribution in [2.45, 2.75) is 122 Å². The Balaban J connectivity index is 1.81. The summed E-state index contributed by atoms with van der Waals surface area (Å²) >= 11 is 0. The number of aromatic hydroxyl groups is 1. The third-order valence-corrected chi connectivity index (χ3v) is 9.06. The molecule has 17 nitrogen and oxygen atoms in total. The highest BCUT2D eigenvalue weighted by atomic mass is 16.4. The van der Waals surface area contributed by atoms with Crippen LogP contribution in [0, 0.1) is 5.92 Å². The fraction of sp³-hybridized carbons (Fsp3) is 0.583. The minimum atomic E-state index is -1.63. The second-order valence-electron chi connectivity index (χ2n) is 15.0. The number of carbonyl (C=O) groups is 7. The molecule has 5 amide bonds. The van der Waals surface area contributed by atoms with Gasteiger partial charge in [0.2, 0.25) is 29.5 Å². The van der Waals surface area contributed by atoms with E-state index in [1.165, 1.54) is 30.0 Å². The van der Waals surface area contributed by atoms with Crippen LogP contribution in [0.5, 0.6) is 5.75 Å². The molecule has 0 spiro atoms. The average molecular weight is 744 g/mol. The van der Waals surface area contributed by atoms with Crippen LogP contribution in [0.15, 0.2) is 36.0 Å². The molecule has 2 fully saturated rings. The summed E-state index contributed by atoms with van der Waals surface area (Å²) in [4.78, 5) is 93.3. The number of benzene rings is 1. The van der Waals surface area contributed by atoms with Gasteiger partial charge < -0.3 is 47.2 Å². The van der Waals surface area contributed by atoms with Crippen LogP contribution >= 0.6 is 0 Å². The lowest BCUT2D eigenvalue weighted by Crippen LogP contribution is -2.80. The number of hydrogen-bond acceptors (Lipinski definition) is 11. The zero-order chi connectivity index (χ0) is 39.8. The minimum absolute atomic E-state index is 0.0410. The Morgan fingerprint density at radius 1 is 1.02 bits per heavy atom. The molecule has 0 radical (unpaired) electrons. The maximum atomic E-state index is 13.8. The van der Waals surface area contributed by atoms with Gasteiger partial charge in [0.25, 0.3) is 0 Å². The molecule has 53 heavy (non-hydrogen) atoms. The number of β-lactam (4-membered cyclic amide) rings is 1. The number of rotatable bonds is 17. The van der Waals surface area contributed by atoms with Gasteiger partial charge in [-0.25, -0.2) is 0 Å². The number of carboxylic acid groups (broad SMARTS) is 1. The molecular weight excluding hydrogens is 690 g/mol. The summed E-state index contributed by atoms with van der Waals surface area (Å²) < 4.78 is 0. The third-order valence-electron chi connectivity index (χ3n) is 9.06. The average Bonchev–Trinajstić information content (AvgIpc) is 3.51. The molecule has 3 rings (SSSR count). The first-order valence-corrected chi connectivity index (χ1v) is 17.6. The fourth-order valence-electron chi connectivity index (χ4n) is 6.57. The topological polar surface area (TPSA) is 261 Å². The van der Waals surface area contributed by atoms with Crippen LogP contribution in [0.3, 0.4) is 0 Å². The zero-order valence-corrected chi connectivity index (χ0v) is 31.0. The number of carboxylic acids is 1. The second-order valence-corrected chi connectivity index (χ2v) is 15.0. The normalized spacial score (nSPS) is 21.5. The van der Waals surface area contributed by atoms with Gasteiger partial charge in [-0.3, -0.25) is 38.5 Å². The van der Waals surface area contributed by atoms with Crippen molar-refractivity contribution in [3.8, 4) is 5.75 Å². The van der Waals surface area contributed by atoms with E-state index in [0.717, 1.165) is 5.56 Å². The summed E-state index contributed by atoms with van der Waals surface area (Å²) in [5.74, 6) is -4.83. The SMILES string of the molecule is CC(C)C[C@H](N)C(=O)N[C@@H](CC(=O)O)C(=O)N[C@H](C(=O)N[C@@H]1C(N2CCC[C@H]2C(=O)N/C(=C\C=O)Cc2ccc(O)cc2)C(=O)N1C(C)(C)C)[C@@H](C)O. The quantitative estimate of drug-likeness (QED) is 0.0557. The van der Waals surface area contributed by atoms with Crippen molar-refractivity contribution < 1.29 is 48.9 Å². The highest BCUT2D eigenvalue weighted by Crippen LogP contribution is 2.35. The van der Waals surface area contributed by atoms with Crippen molar-refractivity contribution in [1.29, 1.82) is 0 Å². The Morgan fingerprint density at radius 3 is 2.21 bits per heavy atom. The number of aliphatic hydroxyl groups excluding tert-OH is 1. The molecule has 1 aromatic carbocycles. The van der Waals surface area contributed by atoms with E-state index in [1.54, 1.807) is 37.8 Å². The van der Waals surface area contributed by atoms with Crippen LogP contribution < -0.4 is 27.0 Å². The van der Waals surface area contributed by atoms with Gasteiger partial charge in [0, 0.05) is 17.7 Å². The molecule has 0 aliphatic carbocycles. The van der Waals surface area contributed by atoms with Crippen molar-refractivity contribution in [3.63, 3.8) is 0 Å². The van der Waals surface area contributed by atoms with Crippen molar-refractivity contribution in [2.75, 3.05) is 6.54 Å². The van der Waals surface area contributed by atoms with Crippen LogP contribution in [0.4, 0.5) is 0 Å². The van der Waals surface area contributed by atoms with Crippen molar-refractivity contribution in [1.82, 2.24) is 31.1 Å². The number of nitrogens with zero attached hydrogens (tertiary/aromatic N) is 2. The highest BCUT2D eigenvalue weighted by Gasteiger charge is 2.58. The maximum Gasteiger partial charge on any atom is 0.305 e. The smallest absolute Gasteiger partial charge is 0.305 e. The number of aldehydes is 1. The lowest BCUT2D eigenvalue weighted by Gasteiger charge is -2.56. The number of carbonyl (C=O) groups excluding carboxylic acids is 6. The molecule has 2 aliphatic rings. The Kier molecular flexibility index (Phi) is 14.6. The van der Waals surface area contributed by atoms with Gasteiger partial charge in [0.1, 0.15) is 36.3 Å². The Bertz CT molecular complexity index is 1560. The summed E-state index contributed by atoms with van der Waals surface area (Å²) in [6, 6.07) is 0.187. The lowest BCUT2D eigenvalue weighted by atomic mass is 9.90. The van der Waals surface area contributed by atoms with E-state index < -0.39 is 84.0 Å². The molecule has 292 valence electrons. The standard InChI is InChI=1S/C36H53N7O10/c1-19(2)16-24(37)31(49)39-25(18-27(47)48)32(50)40-28(20(3)45)34(52)41-30-29(35(53)43(30)36(4,5)6)42-14-7-8-26(42)33(51)38-22(13-15-44)17-21-9-11-23(46)12-10-21/h9-13,15,19-20,24-26,28-30,45-46H,7-8,14,16-18,37H2,1-6H3,(H,38,51)(H,39,49)(H,40,50)(H,41,52)(H,47,48)/b22-13-/t20-,24+,25+,26+,28+,29?,30+/m1/s1. The molecule has 2 aliphatic heterocycles. The maximum absolute atomic E-state index is 13.8. The number of phenols is 1. The van der Waals surface area contributed by atoms with E-state index in [4.69, 9.17) is 5.73 Å². The van der Waals surface area contributed by atoms with Crippen LogP contribution in [0.25, 0.3) is 0 Å². The van der Waals surface area contributed by atoms with Crippen LogP contribution in [0.2, 0.25) is 0 Å². The highest BCUT2D eigenvalue weighted by molar-refractivity contribution is 5.97. The fourth-order valence-corrected chi connectivity index (χ4v) is 6.57. The first-order chi connectivity index (χ1) is 24.7. The summed E-state index contributed by atoms with van der Waals surface area (Å²) in [6.07, 6.45) is -0.182. The summed E-state index contributed by atoms with van der Waals surface area (Å²) in [5.41, 5.74) is 6.14. The molecule has 2 saturated heterocycles. The van der Waals surface area contributed by atoms with E-state index in [9.17, 15) is 48.9 Å². The van der Waals surface area contributed by atoms with Gasteiger partial charge in [-0.2, -0.15) is 0 Å². The Hall–Kier alpha value is -4.87. The van der Waals surface area contributed by atoms with E-state index in [-0.39, 0.29) is 30.4 Å². The zero-order valence-electron chi connectivity index (χ0n) is 31.0. The van der Waals surface area contributed by atoms with E-state index in [2.05, 4.69) is 21.3 Å². The van der Waals surface area contributed by atoms with Gasteiger partial charge in [0.15, 0.2) is 0 Å². The van der Waals surface area contributed by atoms with E-state index >= 15 is 0 Å². The number of allylic oxidation sites excluding steroid dienone is 2.